The molecule has 1 aromatic rings. The van der Waals surface area contributed by atoms with Crippen LogP contribution in [-0.2, 0) is 4.79 Å². The first-order valence-electron chi connectivity index (χ1n) is 4.71. The molecule has 0 radical (unpaired) electrons. The van der Waals surface area contributed by atoms with Crippen LogP contribution in [0, 0.1) is 5.92 Å². The number of allylic oxidation sites excluding steroid dienone is 1. The van der Waals surface area contributed by atoms with E-state index in [0.717, 1.165) is 11.1 Å². The van der Waals surface area contributed by atoms with Crippen molar-refractivity contribution >= 4 is 23.1 Å². The van der Waals surface area contributed by atoms with Crippen molar-refractivity contribution in [1.29, 1.82) is 0 Å². The molecule has 0 aromatic heterocycles. The molecule has 0 aliphatic rings. The highest BCUT2D eigenvalue weighted by molar-refractivity contribution is 6.30. The number of halogens is 1. The molecule has 80 valence electrons. The summed E-state index contributed by atoms with van der Waals surface area (Å²) in [6.07, 6.45) is 1.24. The van der Waals surface area contributed by atoms with Crippen LogP contribution in [0.1, 0.15) is 19.4 Å². The summed E-state index contributed by atoms with van der Waals surface area (Å²) in [5.41, 5.74) is 1.70. The van der Waals surface area contributed by atoms with Gasteiger partial charge in [-0.25, -0.2) is 4.79 Å². The Morgan fingerprint density at radius 3 is 2.27 bits per heavy atom. The minimum Gasteiger partial charge on any atom is -0.478 e. The summed E-state index contributed by atoms with van der Waals surface area (Å²) in [6.45, 7) is 3.92. The summed E-state index contributed by atoms with van der Waals surface area (Å²) in [5.74, 6) is -0.754. The van der Waals surface area contributed by atoms with E-state index in [0.29, 0.717) is 5.02 Å². The number of aliphatic carboxylic acids is 1. The lowest BCUT2D eigenvalue weighted by atomic mass is 9.95. The van der Waals surface area contributed by atoms with Gasteiger partial charge in [-0.15, -0.1) is 0 Å². The van der Waals surface area contributed by atoms with Gasteiger partial charge < -0.3 is 5.11 Å². The van der Waals surface area contributed by atoms with E-state index in [1.807, 2.05) is 26.0 Å². The number of rotatable bonds is 3. The van der Waals surface area contributed by atoms with E-state index in [2.05, 4.69) is 0 Å². The molecule has 0 aliphatic heterocycles. The molecular weight excluding hydrogens is 212 g/mol. The molecule has 0 unspecified atom stereocenters. The molecule has 1 rings (SSSR count). The van der Waals surface area contributed by atoms with E-state index in [1.54, 1.807) is 12.1 Å². The van der Waals surface area contributed by atoms with Gasteiger partial charge in [0, 0.05) is 11.1 Å². The first kappa shape index (κ1) is 11.8. The Morgan fingerprint density at radius 2 is 1.87 bits per heavy atom. The zero-order chi connectivity index (χ0) is 11.4. The average Bonchev–Trinajstić information content (AvgIpc) is 2.15. The first-order valence-corrected chi connectivity index (χ1v) is 5.09. The summed E-state index contributed by atoms with van der Waals surface area (Å²) >= 11 is 5.77. The monoisotopic (exact) mass is 224 g/mol. The summed E-state index contributed by atoms with van der Waals surface area (Å²) in [5, 5.41) is 9.40. The standard InChI is InChI=1S/C12H13ClO2/c1-8(2)11(7-12(14)15)9-3-5-10(13)6-4-9/h3-8H,1-2H3,(H,14,15)/b11-7+. The van der Waals surface area contributed by atoms with E-state index in [4.69, 9.17) is 16.7 Å². The molecule has 2 nitrogen and oxygen atoms in total. The molecule has 0 spiro atoms. The summed E-state index contributed by atoms with van der Waals surface area (Å²) in [7, 11) is 0. The van der Waals surface area contributed by atoms with Crippen molar-refractivity contribution in [1.82, 2.24) is 0 Å². The Balaban J connectivity index is 3.10. The Hall–Kier alpha value is -1.28. The maximum Gasteiger partial charge on any atom is 0.328 e. The van der Waals surface area contributed by atoms with Gasteiger partial charge in [-0.2, -0.15) is 0 Å². The lowest BCUT2D eigenvalue weighted by Gasteiger charge is -2.10. The number of carboxylic acid groups (broad SMARTS) is 1. The van der Waals surface area contributed by atoms with E-state index in [1.165, 1.54) is 6.08 Å². The molecule has 0 bridgehead atoms. The third-order valence-corrected chi connectivity index (χ3v) is 2.33. The fourth-order valence-corrected chi connectivity index (χ4v) is 1.48. The average molecular weight is 225 g/mol. The van der Waals surface area contributed by atoms with Crippen molar-refractivity contribution in [3.8, 4) is 0 Å². The minimum atomic E-state index is -0.923. The van der Waals surface area contributed by atoms with Crippen LogP contribution in [0.5, 0.6) is 0 Å². The van der Waals surface area contributed by atoms with Crippen LogP contribution in [0.2, 0.25) is 5.02 Å². The third kappa shape index (κ3) is 3.40. The highest BCUT2D eigenvalue weighted by Crippen LogP contribution is 2.24. The normalized spacial score (nSPS) is 11.9. The van der Waals surface area contributed by atoms with E-state index in [-0.39, 0.29) is 5.92 Å². The third-order valence-electron chi connectivity index (χ3n) is 2.08. The van der Waals surface area contributed by atoms with E-state index in [9.17, 15) is 4.79 Å². The molecule has 15 heavy (non-hydrogen) atoms. The van der Waals surface area contributed by atoms with Crippen molar-refractivity contribution in [2.75, 3.05) is 0 Å². The van der Waals surface area contributed by atoms with Gasteiger partial charge in [-0.05, 0) is 29.2 Å². The number of carbonyl (C=O) groups is 1. The fourth-order valence-electron chi connectivity index (χ4n) is 1.36. The molecule has 0 heterocycles. The van der Waals surface area contributed by atoms with Gasteiger partial charge in [0.1, 0.15) is 0 Å². The SMILES string of the molecule is CC(C)/C(=C\C(=O)O)c1ccc(Cl)cc1. The molecular formula is C12H13ClO2. The van der Waals surface area contributed by atoms with Crippen LogP contribution < -0.4 is 0 Å². The van der Waals surface area contributed by atoms with Crippen molar-refractivity contribution in [2.24, 2.45) is 5.92 Å². The number of benzene rings is 1. The second-order valence-electron chi connectivity index (χ2n) is 3.60. The highest BCUT2D eigenvalue weighted by Gasteiger charge is 2.08. The largest absolute Gasteiger partial charge is 0.478 e. The highest BCUT2D eigenvalue weighted by atomic mass is 35.5. The van der Waals surface area contributed by atoms with Gasteiger partial charge in [0.15, 0.2) is 0 Å². The predicted octanol–water partition coefficient (Wildman–Crippen LogP) is 3.46. The molecule has 3 heteroatoms. The molecule has 1 N–H and O–H groups in total. The Morgan fingerprint density at radius 1 is 1.33 bits per heavy atom. The zero-order valence-corrected chi connectivity index (χ0v) is 9.45. The van der Waals surface area contributed by atoms with Crippen LogP contribution >= 0.6 is 11.6 Å². The Labute approximate surface area is 94.2 Å². The van der Waals surface area contributed by atoms with Crippen molar-refractivity contribution < 1.29 is 9.90 Å². The summed E-state index contributed by atoms with van der Waals surface area (Å²) in [6, 6.07) is 7.18. The smallest absolute Gasteiger partial charge is 0.328 e. The molecule has 0 fully saturated rings. The van der Waals surface area contributed by atoms with Crippen LogP contribution in [-0.4, -0.2) is 11.1 Å². The van der Waals surface area contributed by atoms with Crippen molar-refractivity contribution in [3.05, 3.63) is 40.9 Å². The lowest BCUT2D eigenvalue weighted by molar-refractivity contribution is -0.131. The van der Waals surface area contributed by atoms with Gasteiger partial charge in [-0.1, -0.05) is 37.6 Å². The number of hydrogen-bond donors (Lipinski definition) is 1. The van der Waals surface area contributed by atoms with Crippen LogP contribution in [0.3, 0.4) is 0 Å². The second-order valence-corrected chi connectivity index (χ2v) is 4.04. The topological polar surface area (TPSA) is 37.3 Å². The van der Waals surface area contributed by atoms with Gasteiger partial charge in [0.05, 0.1) is 0 Å². The molecule has 0 amide bonds. The van der Waals surface area contributed by atoms with Crippen molar-refractivity contribution in [3.63, 3.8) is 0 Å². The van der Waals surface area contributed by atoms with Gasteiger partial charge >= 0.3 is 5.97 Å². The maximum absolute atomic E-state index is 10.7. The van der Waals surface area contributed by atoms with Gasteiger partial charge in [0.25, 0.3) is 0 Å². The van der Waals surface area contributed by atoms with Crippen LogP contribution in [0.25, 0.3) is 5.57 Å². The lowest BCUT2D eigenvalue weighted by Crippen LogP contribution is -1.98. The Bertz CT molecular complexity index is 377. The molecule has 0 aliphatic carbocycles. The predicted molar refractivity (Wildman–Crippen MR) is 61.9 cm³/mol. The summed E-state index contributed by atoms with van der Waals surface area (Å²) < 4.78 is 0. The number of carboxylic acids is 1. The first-order chi connectivity index (χ1) is 7.00. The second kappa shape index (κ2) is 4.99. The van der Waals surface area contributed by atoms with Gasteiger partial charge in [0.2, 0.25) is 0 Å². The summed E-state index contributed by atoms with van der Waals surface area (Å²) in [4.78, 5) is 10.7. The number of hydrogen-bond acceptors (Lipinski definition) is 1. The molecule has 0 atom stereocenters. The zero-order valence-electron chi connectivity index (χ0n) is 8.70. The molecule has 0 saturated heterocycles. The van der Waals surface area contributed by atoms with Crippen LogP contribution in [0.15, 0.2) is 30.3 Å². The van der Waals surface area contributed by atoms with Crippen LogP contribution in [0.4, 0.5) is 0 Å². The van der Waals surface area contributed by atoms with E-state index < -0.39 is 5.97 Å². The fraction of sp³-hybridized carbons (Fsp3) is 0.250. The molecule has 0 saturated carbocycles. The maximum atomic E-state index is 10.7. The van der Waals surface area contributed by atoms with Gasteiger partial charge in [-0.3, -0.25) is 0 Å². The molecule has 1 aromatic carbocycles. The quantitative estimate of drug-likeness (QED) is 0.799. The Kier molecular flexibility index (Phi) is 3.92. The van der Waals surface area contributed by atoms with E-state index >= 15 is 0 Å². The van der Waals surface area contributed by atoms with Crippen molar-refractivity contribution in [2.45, 2.75) is 13.8 Å². The minimum absolute atomic E-state index is 0.169.